The maximum Gasteiger partial charge on any atom is 0.0728 e. The predicted octanol–water partition coefficient (Wildman–Crippen LogP) is 6.09. The Morgan fingerprint density at radius 1 is 0.552 bits per heavy atom. The number of fused-ring (bicyclic) bond motifs is 10. The number of rotatable bonds is 2. The largest absolute Gasteiger partial charge is 0.305 e. The molecule has 0 unspecified atom stereocenters. The van der Waals surface area contributed by atoms with Gasteiger partial charge in [0.15, 0.2) is 0 Å². The van der Waals surface area contributed by atoms with Crippen molar-refractivity contribution in [2.24, 2.45) is 0 Å². The minimum absolute atomic E-state index is 0.230. The lowest BCUT2D eigenvalue weighted by Crippen LogP contribution is -2.28. The summed E-state index contributed by atoms with van der Waals surface area (Å²) in [5, 5.41) is 0. The highest BCUT2D eigenvalue weighted by Crippen LogP contribution is 2.63. The Labute approximate surface area is 172 Å². The van der Waals surface area contributed by atoms with Crippen LogP contribution in [0.25, 0.3) is 22.3 Å². The van der Waals surface area contributed by atoms with E-state index in [2.05, 4.69) is 110 Å². The fourth-order valence-electron chi connectivity index (χ4n) is 5.71. The van der Waals surface area contributed by atoms with Gasteiger partial charge in [0, 0.05) is 6.54 Å². The molecule has 4 aromatic carbocycles. The zero-order valence-corrected chi connectivity index (χ0v) is 16.8. The van der Waals surface area contributed by atoms with Crippen LogP contribution in [0.3, 0.4) is 0 Å². The van der Waals surface area contributed by atoms with Crippen LogP contribution in [0.2, 0.25) is 0 Å². The third kappa shape index (κ3) is 2.03. The summed E-state index contributed by atoms with van der Waals surface area (Å²) in [6.45, 7) is 0.934. The highest BCUT2D eigenvalue weighted by molar-refractivity contribution is 5.95. The van der Waals surface area contributed by atoms with Crippen molar-refractivity contribution < 1.29 is 0 Å². The summed E-state index contributed by atoms with van der Waals surface area (Å²) in [6, 6.07) is 33.8. The number of nitrogens with zero attached hydrogens (tertiary/aromatic N) is 1. The number of hydrogen-bond donors (Lipinski definition) is 0. The van der Waals surface area contributed by atoms with Gasteiger partial charge in [-0.1, -0.05) is 91.0 Å². The van der Waals surface area contributed by atoms with Gasteiger partial charge in [-0.3, -0.25) is 0 Å². The zero-order valence-electron chi connectivity index (χ0n) is 16.8. The van der Waals surface area contributed by atoms with E-state index in [9.17, 15) is 0 Å². The van der Waals surface area contributed by atoms with Gasteiger partial charge < -0.3 is 4.90 Å². The predicted molar refractivity (Wildman–Crippen MR) is 120 cm³/mol. The molecule has 0 saturated carbocycles. The molecule has 0 fully saturated rings. The minimum atomic E-state index is -0.230. The van der Waals surface area contributed by atoms with Gasteiger partial charge in [-0.25, -0.2) is 0 Å². The Balaban J connectivity index is 1.83. The fourth-order valence-corrected chi connectivity index (χ4v) is 5.71. The lowest BCUT2D eigenvalue weighted by atomic mass is 9.69. The molecule has 0 heterocycles. The maximum atomic E-state index is 2.34. The molecule has 0 saturated heterocycles. The molecule has 2 aliphatic carbocycles. The van der Waals surface area contributed by atoms with Crippen LogP contribution in [-0.2, 0) is 12.0 Å². The van der Waals surface area contributed by atoms with Crippen LogP contribution < -0.4 is 0 Å². The van der Waals surface area contributed by atoms with Gasteiger partial charge in [-0.05, 0) is 64.2 Å². The lowest BCUT2D eigenvalue weighted by Gasteiger charge is -2.32. The molecule has 1 spiro atoms. The SMILES string of the molecule is CN(C)Cc1cccc2c1C1(c3ccccc3-c3ccccc31)c1ccccc1-2. The average Bonchev–Trinajstić information content (AvgIpc) is 3.22. The van der Waals surface area contributed by atoms with Gasteiger partial charge in [0.2, 0.25) is 0 Å². The first-order chi connectivity index (χ1) is 14.2. The summed E-state index contributed by atoms with van der Waals surface area (Å²) >= 11 is 0. The zero-order chi connectivity index (χ0) is 19.6. The van der Waals surface area contributed by atoms with Gasteiger partial charge in [0.25, 0.3) is 0 Å². The fraction of sp³-hybridized carbons (Fsp3) is 0.143. The van der Waals surface area contributed by atoms with E-state index < -0.39 is 0 Å². The summed E-state index contributed by atoms with van der Waals surface area (Å²) in [7, 11) is 4.31. The number of hydrogen-bond acceptors (Lipinski definition) is 1. The van der Waals surface area contributed by atoms with Crippen LogP contribution in [0.15, 0.2) is 91.0 Å². The first-order valence-corrected chi connectivity index (χ1v) is 10.3. The maximum absolute atomic E-state index is 2.34. The highest BCUT2D eigenvalue weighted by atomic mass is 15.0. The summed E-state index contributed by atoms with van der Waals surface area (Å²) in [5.41, 5.74) is 12.4. The van der Waals surface area contributed by atoms with Crippen LogP contribution in [0.5, 0.6) is 0 Å². The highest BCUT2D eigenvalue weighted by Gasteiger charge is 2.52. The Morgan fingerprint density at radius 2 is 1.00 bits per heavy atom. The third-order valence-corrected chi connectivity index (χ3v) is 6.59. The van der Waals surface area contributed by atoms with Crippen LogP contribution in [0, 0.1) is 0 Å². The van der Waals surface area contributed by atoms with Crippen LogP contribution in [0.1, 0.15) is 27.8 Å². The Kier molecular flexibility index (Phi) is 3.42. The van der Waals surface area contributed by atoms with E-state index in [0.29, 0.717) is 0 Å². The Hall–Kier alpha value is -3.16. The van der Waals surface area contributed by atoms with E-state index >= 15 is 0 Å². The lowest BCUT2D eigenvalue weighted by molar-refractivity contribution is 0.400. The van der Waals surface area contributed by atoms with E-state index in [1.54, 1.807) is 0 Å². The average molecular weight is 373 g/mol. The van der Waals surface area contributed by atoms with Crippen LogP contribution >= 0.6 is 0 Å². The monoisotopic (exact) mass is 373 g/mol. The van der Waals surface area contributed by atoms with Gasteiger partial charge in [-0.2, -0.15) is 0 Å². The number of benzene rings is 4. The van der Waals surface area contributed by atoms with E-state index in [4.69, 9.17) is 0 Å². The normalized spacial score (nSPS) is 14.6. The topological polar surface area (TPSA) is 3.24 Å². The molecular weight excluding hydrogens is 350 g/mol. The Morgan fingerprint density at radius 3 is 1.52 bits per heavy atom. The van der Waals surface area contributed by atoms with Gasteiger partial charge in [0.1, 0.15) is 0 Å². The van der Waals surface area contributed by atoms with Crippen molar-refractivity contribution >= 4 is 0 Å². The molecule has 0 N–H and O–H groups in total. The second-order valence-corrected chi connectivity index (χ2v) is 8.46. The van der Waals surface area contributed by atoms with Crippen molar-refractivity contribution in [2.45, 2.75) is 12.0 Å². The minimum Gasteiger partial charge on any atom is -0.305 e. The van der Waals surface area contributed by atoms with Gasteiger partial charge >= 0.3 is 0 Å². The van der Waals surface area contributed by atoms with Crippen molar-refractivity contribution in [1.82, 2.24) is 4.90 Å². The summed E-state index contributed by atoms with van der Waals surface area (Å²) in [5.74, 6) is 0. The quantitative estimate of drug-likeness (QED) is 0.355. The second-order valence-electron chi connectivity index (χ2n) is 8.46. The molecule has 6 rings (SSSR count). The van der Waals surface area contributed by atoms with E-state index in [-0.39, 0.29) is 5.41 Å². The summed E-state index contributed by atoms with van der Waals surface area (Å²) in [6.07, 6.45) is 0. The van der Waals surface area contributed by atoms with Crippen molar-refractivity contribution in [2.75, 3.05) is 14.1 Å². The molecule has 29 heavy (non-hydrogen) atoms. The molecule has 0 amide bonds. The van der Waals surface area contributed by atoms with Gasteiger partial charge in [-0.15, -0.1) is 0 Å². The van der Waals surface area contributed by atoms with E-state index in [1.165, 1.54) is 50.1 Å². The molecule has 0 atom stereocenters. The van der Waals surface area contributed by atoms with Crippen LogP contribution in [0.4, 0.5) is 0 Å². The second kappa shape index (κ2) is 5.92. The molecule has 2 aliphatic rings. The summed E-state index contributed by atoms with van der Waals surface area (Å²) in [4.78, 5) is 2.28. The van der Waals surface area contributed by atoms with Crippen molar-refractivity contribution in [1.29, 1.82) is 0 Å². The molecule has 1 heteroatoms. The van der Waals surface area contributed by atoms with Crippen molar-refractivity contribution in [3.63, 3.8) is 0 Å². The molecule has 0 radical (unpaired) electrons. The Bertz CT molecular complexity index is 1200. The standard InChI is InChI=1S/C28H23N/c1-29(2)18-19-10-9-14-23-22-13-5-8-17-26(22)28(27(19)23)24-15-6-3-11-20(24)21-12-4-7-16-25(21)28/h3-17H,18H2,1-2H3. The molecule has 1 nitrogen and oxygen atoms in total. The molecule has 0 aliphatic heterocycles. The first kappa shape index (κ1) is 16.8. The van der Waals surface area contributed by atoms with Crippen molar-refractivity contribution in [3.05, 3.63) is 119 Å². The third-order valence-electron chi connectivity index (χ3n) is 6.59. The van der Waals surface area contributed by atoms with Gasteiger partial charge in [0.05, 0.1) is 5.41 Å². The van der Waals surface area contributed by atoms with E-state index in [0.717, 1.165) is 6.54 Å². The smallest absolute Gasteiger partial charge is 0.0728 e. The molecule has 140 valence electrons. The molecule has 0 bridgehead atoms. The molecular formula is C28H23N. The molecule has 0 aromatic heterocycles. The van der Waals surface area contributed by atoms with Crippen LogP contribution in [-0.4, -0.2) is 19.0 Å². The molecule has 4 aromatic rings. The van der Waals surface area contributed by atoms with E-state index in [1.807, 2.05) is 0 Å². The first-order valence-electron chi connectivity index (χ1n) is 10.3. The summed E-state index contributed by atoms with van der Waals surface area (Å²) < 4.78 is 0. The van der Waals surface area contributed by atoms with Crippen molar-refractivity contribution in [3.8, 4) is 22.3 Å².